The highest BCUT2D eigenvalue weighted by molar-refractivity contribution is 7.89. The maximum absolute atomic E-state index is 12.6. The molecule has 0 aliphatic rings. The second-order valence-electron chi connectivity index (χ2n) is 6.64. The maximum atomic E-state index is 12.6. The lowest BCUT2D eigenvalue weighted by Gasteiger charge is -2.20. The monoisotopic (exact) mass is 426 g/mol. The van der Waals surface area contributed by atoms with Crippen molar-refractivity contribution in [2.75, 3.05) is 18.2 Å². The van der Waals surface area contributed by atoms with Crippen molar-refractivity contribution < 1.29 is 17.9 Å². The molecular formula is C18H26N4O4S2. The number of nitrogens with one attached hydrogen (secondary N) is 2. The molecule has 28 heavy (non-hydrogen) atoms. The molecule has 154 valence electrons. The standard InChI is InChI=1S/C18H26N4O4S2/c1-5-6-11-28(24,25)22-15(12(2)3)16(23)19-18-21-20-17(27-18)13-7-9-14(26-4)10-8-13/h7-10,12,15,22H,5-6,11H2,1-4H3,(H,19,21,23). The topological polar surface area (TPSA) is 110 Å². The third-order valence-corrected chi connectivity index (χ3v) is 6.34. The highest BCUT2D eigenvalue weighted by Crippen LogP contribution is 2.28. The van der Waals surface area contributed by atoms with E-state index in [4.69, 9.17) is 4.74 Å². The van der Waals surface area contributed by atoms with E-state index >= 15 is 0 Å². The van der Waals surface area contributed by atoms with Gasteiger partial charge in [0.05, 0.1) is 12.9 Å². The van der Waals surface area contributed by atoms with E-state index in [9.17, 15) is 13.2 Å². The van der Waals surface area contributed by atoms with Crippen LogP contribution in [0.3, 0.4) is 0 Å². The summed E-state index contributed by atoms with van der Waals surface area (Å²) in [6.45, 7) is 5.49. The Hall–Kier alpha value is -2.04. The number of benzene rings is 1. The second-order valence-corrected chi connectivity index (χ2v) is 9.49. The Kier molecular flexibility index (Phi) is 7.90. The van der Waals surface area contributed by atoms with Gasteiger partial charge in [-0.15, -0.1) is 10.2 Å². The van der Waals surface area contributed by atoms with Crippen LogP contribution in [0, 0.1) is 5.92 Å². The molecule has 1 amide bonds. The highest BCUT2D eigenvalue weighted by Gasteiger charge is 2.28. The van der Waals surface area contributed by atoms with Crippen LogP contribution in [0.2, 0.25) is 0 Å². The molecule has 2 N–H and O–H groups in total. The zero-order valence-corrected chi connectivity index (χ0v) is 18.1. The van der Waals surface area contributed by atoms with Gasteiger partial charge in [0.25, 0.3) is 0 Å². The first-order chi connectivity index (χ1) is 13.3. The zero-order valence-electron chi connectivity index (χ0n) is 16.4. The fourth-order valence-electron chi connectivity index (χ4n) is 2.39. The van der Waals surface area contributed by atoms with E-state index in [1.807, 2.05) is 31.2 Å². The van der Waals surface area contributed by atoms with Crippen LogP contribution in [0.1, 0.15) is 33.6 Å². The summed E-state index contributed by atoms with van der Waals surface area (Å²) < 4.78 is 32.0. The van der Waals surface area contributed by atoms with Crippen molar-refractivity contribution >= 4 is 32.4 Å². The summed E-state index contributed by atoms with van der Waals surface area (Å²) in [5.74, 6) is 0.0651. The van der Waals surface area contributed by atoms with Crippen LogP contribution in [0.15, 0.2) is 24.3 Å². The Morgan fingerprint density at radius 2 is 1.89 bits per heavy atom. The molecule has 0 aliphatic heterocycles. The van der Waals surface area contributed by atoms with Crippen molar-refractivity contribution in [1.82, 2.24) is 14.9 Å². The van der Waals surface area contributed by atoms with Crippen molar-refractivity contribution in [3.05, 3.63) is 24.3 Å². The molecule has 1 aromatic heterocycles. The number of amides is 1. The predicted molar refractivity (Wildman–Crippen MR) is 111 cm³/mol. The number of hydrogen-bond donors (Lipinski definition) is 2. The van der Waals surface area contributed by atoms with Gasteiger partial charge in [-0.05, 0) is 36.6 Å². The Balaban J connectivity index is 2.08. The van der Waals surface area contributed by atoms with Crippen molar-refractivity contribution in [2.45, 2.75) is 39.7 Å². The third kappa shape index (κ3) is 6.25. The minimum atomic E-state index is -3.53. The van der Waals surface area contributed by atoms with Crippen LogP contribution in [0.25, 0.3) is 10.6 Å². The summed E-state index contributed by atoms with van der Waals surface area (Å²) in [7, 11) is -1.93. The van der Waals surface area contributed by atoms with Crippen LogP contribution in [0.5, 0.6) is 5.75 Å². The molecule has 0 aliphatic carbocycles. The molecule has 0 radical (unpaired) electrons. The number of unbranched alkanes of at least 4 members (excludes halogenated alkanes) is 1. The molecule has 0 saturated carbocycles. The van der Waals surface area contributed by atoms with E-state index in [1.165, 1.54) is 11.3 Å². The van der Waals surface area contributed by atoms with Crippen LogP contribution in [0.4, 0.5) is 5.13 Å². The number of methoxy groups -OCH3 is 1. The minimum absolute atomic E-state index is 0.000422. The summed E-state index contributed by atoms with van der Waals surface area (Å²) in [6, 6.07) is 6.45. The fourth-order valence-corrected chi connectivity index (χ4v) is 4.69. The molecule has 1 unspecified atom stereocenters. The van der Waals surface area contributed by atoms with Gasteiger partial charge in [-0.25, -0.2) is 13.1 Å². The SMILES string of the molecule is CCCCS(=O)(=O)NC(C(=O)Nc1nnc(-c2ccc(OC)cc2)s1)C(C)C. The summed E-state index contributed by atoms with van der Waals surface area (Å²) in [5.41, 5.74) is 0.847. The van der Waals surface area contributed by atoms with E-state index in [-0.39, 0.29) is 11.7 Å². The molecule has 2 rings (SSSR count). The molecule has 1 atom stereocenters. The van der Waals surface area contributed by atoms with Gasteiger partial charge in [-0.3, -0.25) is 10.1 Å². The molecule has 2 aromatic rings. The Morgan fingerprint density at radius 1 is 1.21 bits per heavy atom. The number of carbonyl (C=O) groups excluding carboxylic acids is 1. The number of nitrogens with zero attached hydrogens (tertiary/aromatic N) is 2. The van der Waals surface area contributed by atoms with Gasteiger partial charge >= 0.3 is 0 Å². The zero-order chi connectivity index (χ0) is 20.7. The molecule has 0 spiro atoms. The van der Waals surface area contributed by atoms with Gasteiger partial charge in [-0.1, -0.05) is 38.5 Å². The largest absolute Gasteiger partial charge is 0.497 e. The number of anilines is 1. The van der Waals surface area contributed by atoms with Crippen LogP contribution < -0.4 is 14.8 Å². The fraction of sp³-hybridized carbons (Fsp3) is 0.500. The minimum Gasteiger partial charge on any atom is -0.497 e. The third-order valence-electron chi connectivity index (χ3n) is 4.01. The number of ether oxygens (including phenoxy) is 1. The Labute approximate surface area is 169 Å². The van der Waals surface area contributed by atoms with Gasteiger partial charge < -0.3 is 4.74 Å². The first kappa shape index (κ1) is 22.3. The van der Waals surface area contributed by atoms with Crippen molar-refractivity contribution in [3.63, 3.8) is 0 Å². The Bertz CT molecular complexity index is 879. The van der Waals surface area contributed by atoms with Crippen molar-refractivity contribution in [1.29, 1.82) is 0 Å². The van der Waals surface area contributed by atoms with E-state index < -0.39 is 22.0 Å². The molecule has 0 saturated heterocycles. The van der Waals surface area contributed by atoms with E-state index in [1.54, 1.807) is 21.0 Å². The summed E-state index contributed by atoms with van der Waals surface area (Å²) in [4.78, 5) is 12.6. The number of aromatic nitrogens is 2. The Morgan fingerprint density at radius 3 is 2.46 bits per heavy atom. The second kappa shape index (κ2) is 9.94. The molecular weight excluding hydrogens is 400 g/mol. The average molecular weight is 427 g/mol. The molecule has 8 nitrogen and oxygen atoms in total. The molecule has 1 aromatic carbocycles. The molecule has 0 bridgehead atoms. The van der Waals surface area contributed by atoms with Gasteiger partial charge in [0.2, 0.25) is 21.1 Å². The number of rotatable bonds is 10. The van der Waals surface area contributed by atoms with E-state index in [0.717, 1.165) is 17.7 Å². The van der Waals surface area contributed by atoms with Crippen LogP contribution >= 0.6 is 11.3 Å². The number of hydrogen-bond acceptors (Lipinski definition) is 7. The quantitative estimate of drug-likeness (QED) is 0.604. The van der Waals surface area contributed by atoms with Gasteiger partial charge in [0.15, 0.2) is 0 Å². The van der Waals surface area contributed by atoms with Gasteiger partial charge in [-0.2, -0.15) is 0 Å². The van der Waals surface area contributed by atoms with Crippen molar-refractivity contribution in [3.8, 4) is 16.3 Å². The number of sulfonamides is 1. The molecule has 0 fully saturated rings. The lowest BCUT2D eigenvalue weighted by atomic mass is 10.1. The predicted octanol–water partition coefficient (Wildman–Crippen LogP) is 2.90. The molecule has 10 heteroatoms. The lowest BCUT2D eigenvalue weighted by Crippen LogP contribution is -2.47. The van der Waals surface area contributed by atoms with E-state index in [2.05, 4.69) is 20.2 Å². The van der Waals surface area contributed by atoms with Gasteiger partial charge in [0, 0.05) is 5.56 Å². The average Bonchev–Trinajstić information content (AvgIpc) is 3.12. The normalized spacial score (nSPS) is 12.8. The highest BCUT2D eigenvalue weighted by atomic mass is 32.2. The summed E-state index contributed by atoms with van der Waals surface area (Å²) in [5, 5.41) is 11.7. The maximum Gasteiger partial charge on any atom is 0.244 e. The van der Waals surface area contributed by atoms with Gasteiger partial charge in [0.1, 0.15) is 16.8 Å². The summed E-state index contributed by atoms with van der Waals surface area (Å²) >= 11 is 1.22. The first-order valence-electron chi connectivity index (χ1n) is 9.04. The lowest BCUT2D eigenvalue weighted by molar-refractivity contribution is -0.118. The first-order valence-corrected chi connectivity index (χ1v) is 11.5. The molecule has 1 heterocycles. The van der Waals surface area contributed by atoms with E-state index in [0.29, 0.717) is 16.6 Å². The summed E-state index contributed by atoms with van der Waals surface area (Å²) in [6.07, 6.45) is 1.31. The van der Waals surface area contributed by atoms with Crippen LogP contribution in [-0.2, 0) is 14.8 Å². The van der Waals surface area contributed by atoms with Crippen molar-refractivity contribution in [2.24, 2.45) is 5.92 Å². The smallest absolute Gasteiger partial charge is 0.244 e. The number of carbonyl (C=O) groups is 1. The van der Waals surface area contributed by atoms with Crippen LogP contribution in [-0.4, -0.2) is 43.4 Å².